The first kappa shape index (κ1) is 15.2. The van der Waals surface area contributed by atoms with Gasteiger partial charge in [0.25, 0.3) is 0 Å². The van der Waals surface area contributed by atoms with E-state index in [4.69, 9.17) is 4.74 Å². The van der Waals surface area contributed by atoms with Gasteiger partial charge in [0.15, 0.2) is 5.43 Å². The molecule has 3 aromatic rings. The van der Waals surface area contributed by atoms with Crippen LogP contribution in [0.4, 0.5) is 0 Å². The van der Waals surface area contributed by atoms with Gasteiger partial charge in [-0.1, -0.05) is 54.6 Å². The van der Waals surface area contributed by atoms with Crippen molar-refractivity contribution in [3.8, 4) is 0 Å². The van der Waals surface area contributed by atoms with Gasteiger partial charge in [-0.3, -0.25) is 9.59 Å². The molecule has 0 aliphatic heterocycles. The number of hydrogen-bond acceptors (Lipinski definition) is 3. The van der Waals surface area contributed by atoms with E-state index in [0.29, 0.717) is 17.4 Å². The van der Waals surface area contributed by atoms with Crippen molar-refractivity contribution in [1.29, 1.82) is 0 Å². The van der Waals surface area contributed by atoms with E-state index in [1.54, 1.807) is 13.0 Å². The van der Waals surface area contributed by atoms with E-state index in [-0.39, 0.29) is 17.3 Å². The summed E-state index contributed by atoms with van der Waals surface area (Å²) in [6, 6.07) is 17.0. The van der Waals surface area contributed by atoms with Gasteiger partial charge in [-0.25, -0.2) is 0 Å². The summed E-state index contributed by atoms with van der Waals surface area (Å²) in [6.45, 7) is 3.97. The Morgan fingerprint density at radius 3 is 2.48 bits per heavy atom. The molecule has 1 atom stereocenters. The highest BCUT2D eigenvalue weighted by atomic mass is 16.5. The smallest absolute Gasteiger partial charge is 0.313 e. The van der Waals surface area contributed by atoms with Crippen LogP contribution in [0.15, 0.2) is 59.4 Å². The van der Waals surface area contributed by atoms with Crippen LogP contribution in [0.25, 0.3) is 21.5 Å². The molecule has 0 aliphatic rings. The monoisotopic (exact) mass is 306 g/mol. The van der Waals surface area contributed by atoms with Crippen LogP contribution in [0.2, 0.25) is 0 Å². The zero-order chi connectivity index (χ0) is 16.4. The van der Waals surface area contributed by atoms with Gasteiger partial charge in [-0.15, -0.1) is 0 Å². The molecule has 0 radical (unpaired) electrons. The third-order valence-electron chi connectivity index (χ3n) is 4.11. The maximum Gasteiger partial charge on any atom is 0.313 e. The fourth-order valence-corrected chi connectivity index (χ4v) is 2.77. The minimum absolute atomic E-state index is 0.0101. The predicted molar refractivity (Wildman–Crippen MR) is 92.8 cm³/mol. The van der Waals surface area contributed by atoms with Crippen molar-refractivity contribution in [2.24, 2.45) is 0 Å². The van der Waals surface area contributed by atoms with E-state index < -0.39 is 0 Å². The Bertz CT molecular complexity index is 944. The van der Waals surface area contributed by atoms with E-state index in [0.717, 1.165) is 16.3 Å². The molecule has 116 valence electrons. The van der Waals surface area contributed by atoms with Gasteiger partial charge in [-0.2, -0.15) is 0 Å². The fraction of sp³-hybridized carbons (Fsp3) is 0.200. The normalized spacial score (nSPS) is 12.3. The number of carbonyl (C=O) groups is 1. The highest BCUT2D eigenvalue weighted by Crippen LogP contribution is 2.22. The second-order valence-electron chi connectivity index (χ2n) is 5.57. The number of esters is 1. The third-order valence-corrected chi connectivity index (χ3v) is 4.11. The van der Waals surface area contributed by atoms with Gasteiger partial charge in [0.1, 0.15) is 0 Å². The Morgan fingerprint density at radius 1 is 1.00 bits per heavy atom. The summed E-state index contributed by atoms with van der Waals surface area (Å²) in [5, 5.41) is 3.10. The van der Waals surface area contributed by atoms with Gasteiger partial charge in [0, 0.05) is 10.8 Å². The highest BCUT2D eigenvalue weighted by Gasteiger charge is 2.16. The van der Waals surface area contributed by atoms with Crippen LogP contribution in [0, 0.1) is 0 Å². The lowest BCUT2D eigenvalue weighted by Gasteiger charge is -2.11. The molecule has 3 heteroatoms. The average molecular weight is 306 g/mol. The van der Waals surface area contributed by atoms with Gasteiger partial charge < -0.3 is 4.74 Å². The van der Waals surface area contributed by atoms with E-state index in [1.165, 1.54) is 0 Å². The van der Waals surface area contributed by atoms with E-state index in [1.807, 2.05) is 55.5 Å². The molecule has 3 rings (SSSR count). The predicted octanol–water partition coefficient (Wildman–Crippen LogP) is 4.02. The zero-order valence-corrected chi connectivity index (χ0v) is 13.2. The SMILES string of the molecule is CCOC(=O)C(C)c1ccc2c(=O)c3ccccc3ccc2c1. The molecule has 0 saturated carbocycles. The second kappa shape index (κ2) is 6.21. The molecule has 0 aliphatic carbocycles. The molecule has 1 unspecified atom stereocenters. The van der Waals surface area contributed by atoms with Crippen molar-refractivity contribution in [3.63, 3.8) is 0 Å². The summed E-state index contributed by atoms with van der Waals surface area (Å²) in [5.74, 6) is -0.603. The van der Waals surface area contributed by atoms with E-state index in [9.17, 15) is 9.59 Å². The average Bonchev–Trinajstić information content (AvgIpc) is 2.72. The largest absolute Gasteiger partial charge is 0.466 e. The summed E-state index contributed by atoms with van der Waals surface area (Å²) < 4.78 is 5.07. The quantitative estimate of drug-likeness (QED) is 0.686. The fourth-order valence-electron chi connectivity index (χ4n) is 2.77. The molecule has 23 heavy (non-hydrogen) atoms. The van der Waals surface area contributed by atoms with Gasteiger partial charge in [0.05, 0.1) is 12.5 Å². The molecule has 3 nitrogen and oxygen atoms in total. The molecule has 0 spiro atoms. The lowest BCUT2D eigenvalue weighted by atomic mass is 9.98. The summed E-state index contributed by atoms with van der Waals surface area (Å²) >= 11 is 0. The zero-order valence-electron chi connectivity index (χ0n) is 13.2. The Kier molecular flexibility index (Phi) is 4.11. The molecule has 0 saturated heterocycles. The number of rotatable bonds is 3. The molecule has 0 amide bonds. The van der Waals surface area contributed by atoms with E-state index in [2.05, 4.69) is 0 Å². The summed E-state index contributed by atoms with van der Waals surface area (Å²) in [4.78, 5) is 24.6. The minimum Gasteiger partial charge on any atom is -0.466 e. The van der Waals surface area contributed by atoms with Crippen molar-refractivity contribution < 1.29 is 9.53 Å². The van der Waals surface area contributed by atoms with Crippen LogP contribution in [-0.2, 0) is 9.53 Å². The van der Waals surface area contributed by atoms with E-state index >= 15 is 0 Å². The minimum atomic E-state index is -0.352. The van der Waals surface area contributed by atoms with Crippen molar-refractivity contribution >= 4 is 27.5 Å². The molecule has 0 bridgehead atoms. The molecule has 3 aromatic carbocycles. The van der Waals surface area contributed by atoms with Crippen LogP contribution >= 0.6 is 0 Å². The Hall–Kier alpha value is -2.68. The summed E-state index contributed by atoms with van der Waals surface area (Å²) in [5.41, 5.74) is 0.863. The standard InChI is InChI=1S/C20H18O3/c1-3-23-20(22)13(2)15-10-11-18-16(12-15)9-8-14-6-4-5-7-17(14)19(18)21/h4-13H,3H2,1-2H3. The van der Waals surface area contributed by atoms with Crippen LogP contribution in [0.5, 0.6) is 0 Å². The number of benzene rings is 2. The lowest BCUT2D eigenvalue weighted by molar-refractivity contribution is -0.144. The first-order chi connectivity index (χ1) is 11.1. The molecular weight excluding hydrogens is 288 g/mol. The van der Waals surface area contributed by atoms with Crippen LogP contribution in [0.3, 0.4) is 0 Å². The molecule has 0 aromatic heterocycles. The van der Waals surface area contributed by atoms with Crippen molar-refractivity contribution in [2.75, 3.05) is 6.61 Å². The number of fused-ring (bicyclic) bond motifs is 2. The topological polar surface area (TPSA) is 43.4 Å². The Labute approximate surface area is 134 Å². The number of carbonyl (C=O) groups excluding carboxylic acids is 1. The van der Waals surface area contributed by atoms with Gasteiger partial charge in [0.2, 0.25) is 0 Å². The summed E-state index contributed by atoms with van der Waals surface area (Å²) in [7, 11) is 0. The first-order valence-corrected chi connectivity index (χ1v) is 7.74. The van der Waals surface area contributed by atoms with Crippen molar-refractivity contribution in [2.45, 2.75) is 19.8 Å². The van der Waals surface area contributed by atoms with Crippen LogP contribution in [0.1, 0.15) is 25.3 Å². The summed E-state index contributed by atoms with van der Waals surface area (Å²) in [6.07, 6.45) is 0. The second-order valence-corrected chi connectivity index (χ2v) is 5.57. The Balaban J connectivity index is 2.20. The lowest BCUT2D eigenvalue weighted by Crippen LogP contribution is -2.13. The Morgan fingerprint density at radius 2 is 1.70 bits per heavy atom. The van der Waals surface area contributed by atoms with Crippen LogP contribution < -0.4 is 5.43 Å². The maximum absolute atomic E-state index is 12.7. The van der Waals surface area contributed by atoms with Gasteiger partial charge >= 0.3 is 5.97 Å². The highest BCUT2D eigenvalue weighted by molar-refractivity contribution is 5.94. The molecule has 0 heterocycles. The van der Waals surface area contributed by atoms with Crippen LogP contribution in [-0.4, -0.2) is 12.6 Å². The molecule has 0 N–H and O–H groups in total. The molecule has 0 fully saturated rings. The van der Waals surface area contributed by atoms with Crippen molar-refractivity contribution in [3.05, 3.63) is 70.4 Å². The molecular formula is C20H18O3. The first-order valence-electron chi connectivity index (χ1n) is 7.74. The van der Waals surface area contributed by atoms with Gasteiger partial charge in [-0.05, 0) is 30.2 Å². The number of ether oxygens (including phenoxy) is 1. The number of hydrogen-bond donors (Lipinski definition) is 0. The third kappa shape index (κ3) is 2.82. The maximum atomic E-state index is 12.7. The van der Waals surface area contributed by atoms with Crippen molar-refractivity contribution in [1.82, 2.24) is 0 Å².